The first-order valence-corrected chi connectivity index (χ1v) is 8.92. The molecule has 0 saturated carbocycles. The lowest BCUT2D eigenvalue weighted by molar-refractivity contribution is -0.153. The van der Waals surface area contributed by atoms with Gasteiger partial charge in [0, 0.05) is 31.6 Å². The summed E-state index contributed by atoms with van der Waals surface area (Å²) in [4.78, 5) is 15.2. The lowest BCUT2D eigenvalue weighted by Crippen LogP contribution is -2.57. The van der Waals surface area contributed by atoms with E-state index in [-0.39, 0.29) is 19.4 Å². The van der Waals surface area contributed by atoms with E-state index in [9.17, 15) is 27.5 Å². The summed E-state index contributed by atoms with van der Waals surface area (Å²) < 4.78 is 53.4. The Morgan fingerprint density at radius 2 is 1.71 bits per heavy atom. The molecule has 0 aliphatic carbocycles. The molecule has 2 aromatic rings. The number of nitrogens with zero attached hydrogens (tertiary/aromatic N) is 2. The maximum atomic E-state index is 14.8. The number of fused-ring (bicyclic) bond motifs is 3. The molecule has 148 valence electrons. The zero-order valence-corrected chi connectivity index (χ0v) is 14.8. The average molecular weight is 394 g/mol. The predicted octanol–water partition coefficient (Wildman–Crippen LogP) is 4.62. The van der Waals surface area contributed by atoms with Crippen LogP contribution in [0.2, 0.25) is 0 Å². The fourth-order valence-electron chi connectivity index (χ4n) is 4.06. The zero-order chi connectivity index (χ0) is 20.1. The van der Waals surface area contributed by atoms with E-state index in [1.807, 2.05) is 34.1 Å². The SMILES string of the molecule is O=C(O)[C@]1(F)CCN2c3ccccc3N(c3ccc(C(F)(F)F)cc3)C[C@H]2C1. The Morgan fingerprint density at radius 1 is 1.07 bits per heavy atom. The maximum Gasteiger partial charge on any atom is 0.416 e. The molecule has 1 fully saturated rings. The molecule has 0 unspecified atom stereocenters. The molecular formula is C20H18F4N2O2. The Hall–Kier alpha value is -2.77. The van der Waals surface area contributed by atoms with Crippen molar-refractivity contribution in [2.24, 2.45) is 0 Å². The van der Waals surface area contributed by atoms with Crippen LogP contribution < -0.4 is 9.80 Å². The summed E-state index contributed by atoms with van der Waals surface area (Å²) in [6, 6.07) is 11.8. The largest absolute Gasteiger partial charge is 0.479 e. The van der Waals surface area contributed by atoms with Gasteiger partial charge >= 0.3 is 12.1 Å². The number of aliphatic carboxylic acids is 1. The van der Waals surface area contributed by atoms with E-state index >= 15 is 0 Å². The molecule has 1 saturated heterocycles. The van der Waals surface area contributed by atoms with E-state index in [1.54, 1.807) is 0 Å². The molecule has 2 aromatic carbocycles. The van der Waals surface area contributed by atoms with Gasteiger partial charge in [-0.2, -0.15) is 13.2 Å². The highest BCUT2D eigenvalue weighted by atomic mass is 19.4. The first-order chi connectivity index (χ1) is 13.2. The number of carbonyl (C=O) groups is 1. The lowest BCUT2D eigenvalue weighted by Gasteiger charge is -2.49. The molecule has 28 heavy (non-hydrogen) atoms. The third kappa shape index (κ3) is 3.06. The van der Waals surface area contributed by atoms with Gasteiger partial charge in [-0.1, -0.05) is 12.1 Å². The molecule has 4 rings (SSSR count). The number of hydrogen-bond donors (Lipinski definition) is 1. The number of anilines is 3. The molecule has 8 heteroatoms. The summed E-state index contributed by atoms with van der Waals surface area (Å²) in [5.74, 6) is -1.47. The van der Waals surface area contributed by atoms with E-state index in [4.69, 9.17) is 0 Å². The van der Waals surface area contributed by atoms with E-state index in [1.165, 1.54) is 12.1 Å². The molecule has 2 aliphatic rings. The topological polar surface area (TPSA) is 43.8 Å². The van der Waals surface area contributed by atoms with Crippen molar-refractivity contribution < 1.29 is 27.5 Å². The number of halogens is 4. The zero-order valence-electron chi connectivity index (χ0n) is 14.8. The highest BCUT2D eigenvalue weighted by Crippen LogP contribution is 2.45. The minimum absolute atomic E-state index is 0.104. The smallest absolute Gasteiger partial charge is 0.416 e. The molecular weight excluding hydrogens is 376 g/mol. The second-order valence-electron chi connectivity index (χ2n) is 7.22. The molecule has 0 spiro atoms. The molecule has 1 N–H and O–H groups in total. The molecule has 0 radical (unpaired) electrons. The van der Waals surface area contributed by atoms with Crippen LogP contribution in [0.15, 0.2) is 48.5 Å². The van der Waals surface area contributed by atoms with Gasteiger partial charge in [-0.05, 0) is 36.4 Å². The van der Waals surface area contributed by atoms with Gasteiger partial charge < -0.3 is 14.9 Å². The number of carboxylic acid groups (broad SMARTS) is 1. The van der Waals surface area contributed by atoms with Crippen molar-refractivity contribution in [1.29, 1.82) is 0 Å². The minimum Gasteiger partial charge on any atom is -0.479 e. The molecule has 0 amide bonds. The first-order valence-electron chi connectivity index (χ1n) is 8.92. The first kappa shape index (κ1) is 18.6. The highest BCUT2D eigenvalue weighted by Gasteiger charge is 2.48. The van der Waals surface area contributed by atoms with Gasteiger partial charge in [0.05, 0.1) is 23.0 Å². The fourth-order valence-corrected chi connectivity index (χ4v) is 4.06. The standard InChI is InChI=1S/C20H18F4N2O2/c21-19(18(27)28)9-10-25-15(11-19)12-26(17-4-2-1-3-16(17)25)14-7-5-13(6-8-14)20(22,23)24/h1-8,15H,9-12H2,(H,27,28)/t15-,19+/m1/s1. The molecule has 0 aromatic heterocycles. The molecule has 0 bridgehead atoms. The average Bonchev–Trinajstić information content (AvgIpc) is 2.66. The minimum atomic E-state index is -4.42. The van der Waals surface area contributed by atoms with Crippen molar-refractivity contribution in [3.8, 4) is 0 Å². The van der Waals surface area contributed by atoms with Crippen LogP contribution in [0.5, 0.6) is 0 Å². The van der Waals surface area contributed by atoms with E-state index in [2.05, 4.69) is 0 Å². The number of carboxylic acids is 1. The van der Waals surface area contributed by atoms with E-state index in [0.29, 0.717) is 12.2 Å². The number of hydrogen-bond acceptors (Lipinski definition) is 3. The normalized spacial score (nSPS) is 24.5. The molecule has 2 atom stereocenters. The molecule has 4 nitrogen and oxygen atoms in total. The monoisotopic (exact) mass is 394 g/mol. The van der Waals surface area contributed by atoms with Gasteiger partial charge in [-0.25, -0.2) is 9.18 Å². The third-order valence-electron chi connectivity index (χ3n) is 5.51. The van der Waals surface area contributed by atoms with Crippen molar-refractivity contribution in [3.63, 3.8) is 0 Å². The van der Waals surface area contributed by atoms with Gasteiger partial charge in [0.1, 0.15) is 0 Å². The van der Waals surface area contributed by atoms with Crippen LogP contribution in [0.25, 0.3) is 0 Å². The van der Waals surface area contributed by atoms with Crippen molar-refractivity contribution >= 4 is 23.0 Å². The van der Waals surface area contributed by atoms with Crippen LogP contribution in [0, 0.1) is 0 Å². The van der Waals surface area contributed by atoms with Crippen molar-refractivity contribution in [2.75, 3.05) is 22.9 Å². The van der Waals surface area contributed by atoms with Gasteiger partial charge in [0.2, 0.25) is 5.67 Å². The summed E-state index contributed by atoms with van der Waals surface area (Å²) in [6.45, 7) is 0.562. The van der Waals surface area contributed by atoms with Gasteiger partial charge in [0.25, 0.3) is 0 Å². The Labute approximate surface area is 159 Å². The summed E-state index contributed by atoms with van der Waals surface area (Å²) in [5.41, 5.74) is -0.856. The number of benzene rings is 2. The van der Waals surface area contributed by atoms with Crippen LogP contribution in [0.4, 0.5) is 34.6 Å². The number of alkyl halides is 4. The summed E-state index contributed by atoms with van der Waals surface area (Å²) in [5, 5.41) is 9.26. The maximum absolute atomic E-state index is 14.8. The predicted molar refractivity (Wildman–Crippen MR) is 96.7 cm³/mol. The Morgan fingerprint density at radius 3 is 2.32 bits per heavy atom. The van der Waals surface area contributed by atoms with Crippen molar-refractivity contribution in [3.05, 3.63) is 54.1 Å². The van der Waals surface area contributed by atoms with Crippen LogP contribution in [0.1, 0.15) is 18.4 Å². The van der Waals surface area contributed by atoms with Crippen LogP contribution in [-0.2, 0) is 11.0 Å². The number of rotatable bonds is 2. The second kappa shape index (κ2) is 6.39. The Kier molecular flexibility index (Phi) is 4.24. The Balaban J connectivity index is 1.71. The molecule has 2 aliphatic heterocycles. The summed E-state index contributed by atoms with van der Waals surface area (Å²) in [6.07, 6.45) is -4.70. The van der Waals surface area contributed by atoms with Crippen LogP contribution in [-0.4, -0.2) is 35.9 Å². The summed E-state index contributed by atoms with van der Waals surface area (Å²) in [7, 11) is 0. The lowest BCUT2D eigenvalue weighted by atomic mass is 9.85. The Bertz CT molecular complexity index is 900. The fraction of sp³-hybridized carbons (Fsp3) is 0.350. The molecule has 2 heterocycles. The van der Waals surface area contributed by atoms with Crippen LogP contribution in [0.3, 0.4) is 0 Å². The second-order valence-corrected chi connectivity index (χ2v) is 7.22. The van der Waals surface area contributed by atoms with Crippen LogP contribution >= 0.6 is 0 Å². The highest BCUT2D eigenvalue weighted by molar-refractivity contribution is 5.82. The third-order valence-corrected chi connectivity index (χ3v) is 5.51. The van der Waals surface area contributed by atoms with Gasteiger partial charge in [-0.3, -0.25) is 0 Å². The van der Waals surface area contributed by atoms with E-state index in [0.717, 1.165) is 23.5 Å². The number of piperidine rings is 1. The van der Waals surface area contributed by atoms with Gasteiger partial charge in [-0.15, -0.1) is 0 Å². The summed E-state index contributed by atoms with van der Waals surface area (Å²) >= 11 is 0. The van der Waals surface area contributed by atoms with Crippen molar-refractivity contribution in [2.45, 2.75) is 30.7 Å². The van der Waals surface area contributed by atoms with Gasteiger partial charge in [0.15, 0.2) is 0 Å². The number of para-hydroxylation sites is 2. The van der Waals surface area contributed by atoms with Crippen molar-refractivity contribution in [1.82, 2.24) is 0 Å². The quantitative estimate of drug-likeness (QED) is 0.755. The van der Waals surface area contributed by atoms with E-state index < -0.39 is 29.4 Å².